The molecule has 1 aromatic rings. The first-order chi connectivity index (χ1) is 16.9. The van der Waals surface area contributed by atoms with E-state index in [0.717, 1.165) is 5.56 Å². The van der Waals surface area contributed by atoms with Gasteiger partial charge in [-0.15, -0.1) is 0 Å². The normalized spacial score (nSPS) is 29.8. The Morgan fingerprint density at radius 3 is 2.60 bits per heavy atom. The van der Waals surface area contributed by atoms with Crippen LogP contribution in [0.15, 0.2) is 35.9 Å². The van der Waals surface area contributed by atoms with Crippen molar-refractivity contribution >= 4 is 12.3 Å². The van der Waals surface area contributed by atoms with Crippen molar-refractivity contribution in [3.63, 3.8) is 0 Å². The van der Waals surface area contributed by atoms with Gasteiger partial charge in [0.05, 0.1) is 26.2 Å². The van der Waals surface area contributed by atoms with E-state index in [0.29, 0.717) is 18.3 Å². The number of phenols is 1. The molecular formula is C25H34O10. The summed E-state index contributed by atoms with van der Waals surface area (Å²) < 4.78 is 28.1. The second-order valence-corrected chi connectivity index (χ2v) is 8.52. The first-order valence-corrected chi connectivity index (χ1v) is 11.8. The summed E-state index contributed by atoms with van der Waals surface area (Å²) in [6.07, 6.45) is -3.01. The van der Waals surface area contributed by atoms with E-state index < -0.39 is 48.9 Å². The number of fused-ring (bicyclic) bond motifs is 1. The lowest BCUT2D eigenvalue weighted by atomic mass is 9.91. The van der Waals surface area contributed by atoms with Crippen molar-refractivity contribution in [2.24, 2.45) is 5.92 Å². The number of carbonyl (C=O) groups is 2. The van der Waals surface area contributed by atoms with Crippen molar-refractivity contribution in [1.29, 1.82) is 0 Å². The third kappa shape index (κ3) is 7.33. The van der Waals surface area contributed by atoms with Crippen LogP contribution in [0.2, 0.25) is 0 Å². The molecule has 0 radical (unpaired) electrons. The number of carbonyl (C=O) groups excluding carboxylic acids is 2. The van der Waals surface area contributed by atoms with Gasteiger partial charge in [-0.1, -0.05) is 18.2 Å². The molecule has 0 aliphatic carbocycles. The number of hydrogen-bond acceptors (Lipinski definition) is 10. The smallest absolute Gasteiger partial charge is 0.306 e. The minimum absolute atomic E-state index is 0.0117. The van der Waals surface area contributed by atoms with Gasteiger partial charge in [0.15, 0.2) is 12.6 Å². The van der Waals surface area contributed by atoms with Gasteiger partial charge >= 0.3 is 5.97 Å². The van der Waals surface area contributed by atoms with Crippen LogP contribution in [-0.2, 0) is 39.7 Å². The van der Waals surface area contributed by atoms with Gasteiger partial charge in [0.1, 0.15) is 36.5 Å². The molecule has 194 valence electrons. The summed E-state index contributed by atoms with van der Waals surface area (Å²) in [5, 5.41) is 30.6. The monoisotopic (exact) mass is 494 g/mol. The number of hydrogen-bond donors (Lipinski definition) is 3. The molecule has 10 nitrogen and oxygen atoms in total. The summed E-state index contributed by atoms with van der Waals surface area (Å²) in [6, 6.07) is 6.69. The van der Waals surface area contributed by atoms with E-state index in [4.69, 9.17) is 23.7 Å². The van der Waals surface area contributed by atoms with Crippen LogP contribution in [-0.4, -0.2) is 84.4 Å². The molecule has 0 saturated carbocycles. The van der Waals surface area contributed by atoms with E-state index in [1.54, 1.807) is 44.2 Å². The van der Waals surface area contributed by atoms with E-state index in [1.807, 2.05) is 0 Å². The molecule has 0 amide bonds. The summed E-state index contributed by atoms with van der Waals surface area (Å²) in [5.41, 5.74) is 1.36. The van der Waals surface area contributed by atoms with Crippen LogP contribution in [0.25, 0.3) is 0 Å². The van der Waals surface area contributed by atoms with E-state index in [-0.39, 0.29) is 38.4 Å². The molecule has 2 saturated heterocycles. The predicted octanol–water partition coefficient (Wildman–Crippen LogP) is 1.24. The summed E-state index contributed by atoms with van der Waals surface area (Å²) in [4.78, 5) is 23.5. The van der Waals surface area contributed by atoms with Gasteiger partial charge in [-0.3, -0.25) is 9.59 Å². The summed E-state index contributed by atoms with van der Waals surface area (Å²) in [5.74, 6) is -0.748. The van der Waals surface area contributed by atoms with Crippen molar-refractivity contribution in [3.05, 3.63) is 41.5 Å². The van der Waals surface area contributed by atoms with E-state index in [2.05, 4.69) is 0 Å². The Bertz CT molecular complexity index is 852. The number of ether oxygens (including phenoxy) is 5. The molecule has 0 bridgehead atoms. The lowest BCUT2D eigenvalue weighted by molar-refractivity contribution is -0.360. The van der Waals surface area contributed by atoms with Crippen LogP contribution in [0.1, 0.15) is 32.3 Å². The highest BCUT2D eigenvalue weighted by Gasteiger charge is 2.49. The quantitative estimate of drug-likeness (QED) is 0.234. The molecule has 0 unspecified atom stereocenters. The molecule has 7 atom stereocenters. The molecule has 2 aliphatic rings. The maximum atomic E-state index is 12.0. The number of aldehydes is 1. The fourth-order valence-corrected chi connectivity index (χ4v) is 4.23. The zero-order valence-electron chi connectivity index (χ0n) is 19.9. The molecule has 3 rings (SSSR count). The summed E-state index contributed by atoms with van der Waals surface area (Å²) in [7, 11) is 0. The number of aromatic hydroxyl groups is 1. The second kappa shape index (κ2) is 13.1. The molecule has 2 heterocycles. The van der Waals surface area contributed by atoms with E-state index >= 15 is 0 Å². The van der Waals surface area contributed by atoms with Crippen LogP contribution in [0, 0.1) is 5.92 Å². The van der Waals surface area contributed by atoms with Crippen molar-refractivity contribution in [1.82, 2.24) is 0 Å². The minimum atomic E-state index is -1.34. The molecule has 1 aromatic carbocycles. The average molecular weight is 495 g/mol. The number of aliphatic hydroxyl groups excluding tert-OH is 2. The SMILES string of the molecule is CC=C(C=O)[C@@H](CC(=O)OCC)C[C@@H]1OC[C@H]2O[C@@H](OCCc3ccc(O)cc3)[C@H](O)[C@@H](O)[C@@H]2O1. The fraction of sp³-hybridized carbons (Fsp3) is 0.600. The Morgan fingerprint density at radius 2 is 1.94 bits per heavy atom. The van der Waals surface area contributed by atoms with Gasteiger partial charge in [-0.05, 0) is 43.5 Å². The highest BCUT2D eigenvalue weighted by atomic mass is 16.8. The predicted molar refractivity (Wildman–Crippen MR) is 122 cm³/mol. The molecule has 0 spiro atoms. The molecule has 2 aliphatic heterocycles. The zero-order chi connectivity index (χ0) is 25.4. The lowest BCUT2D eigenvalue weighted by Crippen LogP contribution is -2.63. The molecule has 2 fully saturated rings. The molecule has 3 N–H and O–H groups in total. The third-order valence-corrected chi connectivity index (χ3v) is 6.14. The van der Waals surface area contributed by atoms with Crippen molar-refractivity contribution in [2.75, 3.05) is 19.8 Å². The Hall–Kier alpha value is -2.34. The number of rotatable bonds is 11. The van der Waals surface area contributed by atoms with Crippen molar-refractivity contribution in [2.45, 2.75) is 70.1 Å². The number of benzene rings is 1. The largest absolute Gasteiger partial charge is 0.508 e. The molecule has 0 aromatic heterocycles. The molecule has 35 heavy (non-hydrogen) atoms. The standard InChI is InChI=1S/C25H34O10/c1-3-16(13-26)17(11-20(28)31-4-2)12-21-33-14-19-24(35-21)22(29)23(30)25(34-19)32-10-9-15-5-7-18(27)8-6-15/h3,5-8,13,17,19,21-25,27,29-30H,4,9-12,14H2,1-2H3/t17-,19+,21+,22+,23+,24+,25+/m0/s1. The maximum absolute atomic E-state index is 12.0. The van der Waals surface area contributed by atoms with Gasteiger partial charge in [0.25, 0.3) is 0 Å². The van der Waals surface area contributed by atoms with Gasteiger partial charge in [-0.25, -0.2) is 0 Å². The number of aliphatic hydroxyl groups is 2. The minimum Gasteiger partial charge on any atom is -0.508 e. The van der Waals surface area contributed by atoms with Crippen LogP contribution < -0.4 is 0 Å². The Balaban J connectivity index is 1.55. The first-order valence-electron chi connectivity index (χ1n) is 11.8. The van der Waals surface area contributed by atoms with Gasteiger partial charge in [0.2, 0.25) is 0 Å². The number of esters is 1. The lowest BCUT2D eigenvalue weighted by Gasteiger charge is -2.46. The van der Waals surface area contributed by atoms with Crippen LogP contribution >= 0.6 is 0 Å². The Labute approximate surface area is 204 Å². The third-order valence-electron chi connectivity index (χ3n) is 6.14. The average Bonchev–Trinajstić information content (AvgIpc) is 2.84. The molecule has 10 heteroatoms. The molecular weight excluding hydrogens is 460 g/mol. The highest BCUT2D eigenvalue weighted by molar-refractivity contribution is 5.77. The number of phenolic OH excluding ortho intramolecular Hbond substituents is 1. The summed E-state index contributed by atoms with van der Waals surface area (Å²) in [6.45, 7) is 3.95. The Morgan fingerprint density at radius 1 is 1.20 bits per heavy atom. The van der Waals surface area contributed by atoms with Gasteiger partial charge in [-0.2, -0.15) is 0 Å². The topological polar surface area (TPSA) is 141 Å². The van der Waals surface area contributed by atoms with Gasteiger partial charge in [0, 0.05) is 12.3 Å². The highest BCUT2D eigenvalue weighted by Crippen LogP contribution is 2.32. The fourth-order valence-electron chi connectivity index (χ4n) is 4.23. The second-order valence-electron chi connectivity index (χ2n) is 8.52. The first kappa shape index (κ1) is 27.3. The summed E-state index contributed by atoms with van der Waals surface area (Å²) >= 11 is 0. The van der Waals surface area contributed by atoms with Crippen molar-refractivity contribution in [3.8, 4) is 5.75 Å². The van der Waals surface area contributed by atoms with Crippen molar-refractivity contribution < 1.29 is 48.6 Å². The van der Waals surface area contributed by atoms with Gasteiger partial charge < -0.3 is 39.0 Å². The van der Waals surface area contributed by atoms with Crippen LogP contribution in [0.3, 0.4) is 0 Å². The zero-order valence-corrected chi connectivity index (χ0v) is 19.9. The van der Waals surface area contributed by atoms with Crippen LogP contribution in [0.5, 0.6) is 5.75 Å². The maximum Gasteiger partial charge on any atom is 0.306 e. The van der Waals surface area contributed by atoms with E-state index in [9.17, 15) is 24.9 Å². The number of allylic oxidation sites excluding steroid dienone is 2. The van der Waals surface area contributed by atoms with E-state index in [1.165, 1.54) is 0 Å². The van der Waals surface area contributed by atoms with Crippen LogP contribution in [0.4, 0.5) is 0 Å². The Kier molecular flexibility index (Phi) is 10.2.